The lowest BCUT2D eigenvalue weighted by molar-refractivity contribution is 0.0692. The normalized spacial score (nSPS) is 29.9. The average molecular weight is 428 g/mol. The first-order chi connectivity index (χ1) is 7.27. The van der Waals surface area contributed by atoms with Crippen LogP contribution < -0.4 is 0 Å². The molecule has 3 atom stereocenters. The summed E-state index contributed by atoms with van der Waals surface area (Å²) in [7, 11) is 0. The van der Waals surface area contributed by atoms with Crippen molar-refractivity contribution < 1.29 is 4.74 Å². The molecule has 1 aliphatic rings. The summed E-state index contributed by atoms with van der Waals surface area (Å²) in [4.78, 5) is 0. The van der Waals surface area contributed by atoms with Crippen LogP contribution in [0.3, 0.4) is 0 Å². The number of alkyl halides is 2. The highest BCUT2D eigenvalue weighted by Crippen LogP contribution is 2.40. The number of ether oxygens (including phenoxy) is 1. The molecule has 0 aromatic heterocycles. The van der Waals surface area contributed by atoms with Crippen molar-refractivity contribution >= 4 is 45.2 Å². The van der Waals surface area contributed by atoms with Crippen LogP contribution >= 0.6 is 45.2 Å². The zero-order chi connectivity index (χ0) is 10.7. The summed E-state index contributed by atoms with van der Waals surface area (Å²) in [5, 5.41) is 0. The molecule has 1 aromatic rings. The molecule has 0 saturated heterocycles. The van der Waals surface area contributed by atoms with Crippen LogP contribution in [0.1, 0.15) is 12.0 Å². The van der Waals surface area contributed by atoms with E-state index in [4.69, 9.17) is 4.74 Å². The van der Waals surface area contributed by atoms with Crippen LogP contribution in [0.15, 0.2) is 30.3 Å². The zero-order valence-electron chi connectivity index (χ0n) is 8.40. The monoisotopic (exact) mass is 428 g/mol. The number of halogens is 2. The van der Waals surface area contributed by atoms with Crippen LogP contribution in [0.5, 0.6) is 0 Å². The molecule has 0 amide bonds. The van der Waals surface area contributed by atoms with Crippen molar-refractivity contribution in [3.8, 4) is 0 Å². The summed E-state index contributed by atoms with van der Waals surface area (Å²) in [6.07, 6.45) is 1.32. The van der Waals surface area contributed by atoms with Crippen LogP contribution in [-0.4, -0.2) is 14.5 Å². The van der Waals surface area contributed by atoms with Gasteiger partial charge in [-0.3, -0.25) is 0 Å². The van der Waals surface area contributed by atoms with E-state index in [0.29, 0.717) is 0 Å². The van der Waals surface area contributed by atoms with Gasteiger partial charge in [-0.1, -0.05) is 75.5 Å². The van der Waals surface area contributed by atoms with E-state index in [1.165, 1.54) is 12.0 Å². The SMILES string of the molecule is IC1CC(COCc2ccccc2)C1I. The van der Waals surface area contributed by atoms with Crippen LogP contribution in [0, 0.1) is 5.92 Å². The van der Waals surface area contributed by atoms with E-state index in [2.05, 4.69) is 69.4 Å². The van der Waals surface area contributed by atoms with Gasteiger partial charge in [-0.25, -0.2) is 0 Å². The van der Waals surface area contributed by atoms with E-state index in [0.717, 1.165) is 27.0 Å². The number of hydrogen-bond acceptors (Lipinski definition) is 1. The van der Waals surface area contributed by atoms with E-state index < -0.39 is 0 Å². The second-order valence-electron chi connectivity index (χ2n) is 3.96. The minimum absolute atomic E-state index is 0.757. The van der Waals surface area contributed by atoms with Gasteiger partial charge in [-0.15, -0.1) is 0 Å². The molecule has 0 bridgehead atoms. The smallest absolute Gasteiger partial charge is 0.0717 e. The Labute approximate surface area is 118 Å². The van der Waals surface area contributed by atoms with Crippen LogP contribution in [0.2, 0.25) is 0 Å². The van der Waals surface area contributed by atoms with E-state index in [9.17, 15) is 0 Å². The van der Waals surface area contributed by atoms with Crippen LogP contribution in [0.4, 0.5) is 0 Å². The Balaban J connectivity index is 1.68. The Hall–Kier alpha value is 0.640. The molecule has 1 nitrogen and oxygen atoms in total. The van der Waals surface area contributed by atoms with Gasteiger partial charge in [0, 0.05) is 7.85 Å². The molecule has 0 radical (unpaired) electrons. The fraction of sp³-hybridized carbons (Fsp3) is 0.500. The largest absolute Gasteiger partial charge is 0.376 e. The minimum atomic E-state index is 0.757. The molecule has 1 fully saturated rings. The number of rotatable bonds is 4. The van der Waals surface area contributed by atoms with Gasteiger partial charge in [0.1, 0.15) is 0 Å². The summed E-state index contributed by atoms with van der Waals surface area (Å²) in [5.41, 5.74) is 1.27. The first-order valence-corrected chi connectivity index (χ1v) is 7.66. The second kappa shape index (κ2) is 5.82. The van der Waals surface area contributed by atoms with Crippen molar-refractivity contribution in [2.75, 3.05) is 6.61 Å². The minimum Gasteiger partial charge on any atom is -0.376 e. The molecular weight excluding hydrogens is 414 g/mol. The van der Waals surface area contributed by atoms with Crippen molar-refractivity contribution in [1.29, 1.82) is 0 Å². The summed E-state index contributed by atoms with van der Waals surface area (Å²) in [5.74, 6) is 0.774. The third-order valence-electron chi connectivity index (χ3n) is 2.77. The Morgan fingerprint density at radius 3 is 2.53 bits per heavy atom. The Bertz CT molecular complexity index is 302. The predicted octanol–water partition coefficient (Wildman–Crippen LogP) is 3.83. The second-order valence-corrected chi connectivity index (χ2v) is 7.00. The first-order valence-electron chi connectivity index (χ1n) is 5.17. The summed E-state index contributed by atoms with van der Waals surface area (Å²) in [6.45, 7) is 1.68. The lowest BCUT2D eigenvalue weighted by Crippen LogP contribution is -2.40. The highest BCUT2D eigenvalue weighted by molar-refractivity contribution is 14.1. The van der Waals surface area contributed by atoms with Gasteiger partial charge in [-0.2, -0.15) is 0 Å². The standard InChI is InChI=1S/C12H14I2O/c13-11-6-10(12(11)14)8-15-7-9-4-2-1-3-5-9/h1-5,10-12H,6-8H2. The van der Waals surface area contributed by atoms with Gasteiger partial charge < -0.3 is 4.74 Å². The van der Waals surface area contributed by atoms with Crippen molar-refractivity contribution in [2.45, 2.75) is 20.9 Å². The average Bonchev–Trinajstić information content (AvgIpc) is 2.29. The highest BCUT2D eigenvalue weighted by Gasteiger charge is 2.37. The van der Waals surface area contributed by atoms with Gasteiger partial charge in [0.2, 0.25) is 0 Å². The van der Waals surface area contributed by atoms with E-state index in [1.807, 2.05) is 6.07 Å². The number of hydrogen-bond donors (Lipinski definition) is 0. The molecule has 1 aromatic carbocycles. The molecule has 3 unspecified atom stereocenters. The lowest BCUT2D eigenvalue weighted by atomic mass is 9.86. The Kier molecular flexibility index (Phi) is 4.69. The topological polar surface area (TPSA) is 9.23 Å². The van der Waals surface area contributed by atoms with E-state index in [-0.39, 0.29) is 0 Å². The summed E-state index contributed by atoms with van der Waals surface area (Å²) >= 11 is 5.08. The molecule has 1 aliphatic carbocycles. The van der Waals surface area contributed by atoms with Crippen molar-refractivity contribution in [3.63, 3.8) is 0 Å². The maximum Gasteiger partial charge on any atom is 0.0717 e. The van der Waals surface area contributed by atoms with Crippen molar-refractivity contribution in [2.24, 2.45) is 5.92 Å². The Morgan fingerprint density at radius 2 is 1.93 bits per heavy atom. The van der Waals surface area contributed by atoms with Crippen LogP contribution in [0.25, 0.3) is 0 Å². The molecule has 3 heteroatoms. The van der Waals surface area contributed by atoms with Gasteiger partial charge in [0.15, 0.2) is 0 Å². The predicted molar refractivity (Wildman–Crippen MR) is 79.8 cm³/mol. The van der Waals surface area contributed by atoms with E-state index in [1.54, 1.807) is 0 Å². The molecule has 1 saturated carbocycles. The zero-order valence-corrected chi connectivity index (χ0v) is 12.7. The maximum absolute atomic E-state index is 5.73. The molecule has 0 spiro atoms. The Morgan fingerprint density at radius 1 is 1.20 bits per heavy atom. The quantitative estimate of drug-likeness (QED) is 0.524. The van der Waals surface area contributed by atoms with Crippen molar-refractivity contribution in [3.05, 3.63) is 35.9 Å². The first kappa shape index (κ1) is 12.1. The molecule has 0 N–H and O–H groups in total. The van der Waals surface area contributed by atoms with Gasteiger partial charge in [0.25, 0.3) is 0 Å². The third-order valence-corrected chi connectivity index (χ3v) is 7.31. The third kappa shape index (κ3) is 3.30. The fourth-order valence-corrected chi connectivity index (χ4v) is 3.75. The highest BCUT2D eigenvalue weighted by atomic mass is 127. The lowest BCUT2D eigenvalue weighted by Gasteiger charge is -2.37. The molecule has 0 heterocycles. The van der Waals surface area contributed by atoms with Crippen molar-refractivity contribution in [1.82, 2.24) is 0 Å². The van der Waals surface area contributed by atoms with Gasteiger partial charge in [-0.05, 0) is 17.9 Å². The molecule has 82 valence electrons. The molecular formula is C12H14I2O. The number of benzene rings is 1. The molecule has 0 aliphatic heterocycles. The fourth-order valence-electron chi connectivity index (χ4n) is 1.71. The molecule has 2 rings (SSSR count). The maximum atomic E-state index is 5.73. The summed E-state index contributed by atoms with van der Waals surface area (Å²) in [6, 6.07) is 10.4. The van der Waals surface area contributed by atoms with Gasteiger partial charge in [0.05, 0.1) is 13.2 Å². The van der Waals surface area contributed by atoms with E-state index >= 15 is 0 Å². The van der Waals surface area contributed by atoms with Gasteiger partial charge >= 0.3 is 0 Å². The molecule has 15 heavy (non-hydrogen) atoms. The summed E-state index contributed by atoms with van der Waals surface area (Å²) < 4.78 is 7.39. The van der Waals surface area contributed by atoms with Crippen LogP contribution in [-0.2, 0) is 11.3 Å².